The summed E-state index contributed by atoms with van der Waals surface area (Å²) in [5, 5.41) is 2.35. The molecule has 0 amide bonds. The Hall–Kier alpha value is -8.82. The van der Waals surface area contributed by atoms with Crippen molar-refractivity contribution in [2.45, 2.75) is 13.8 Å². The quantitative estimate of drug-likeness (QED) is 0.166. The molecule has 0 fully saturated rings. The molecule has 0 aliphatic rings. The number of hydrogen-bond donors (Lipinski definition) is 0. The van der Waals surface area contributed by atoms with E-state index in [1.807, 2.05) is 73.3 Å². The lowest BCUT2D eigenvalue weighted by Crippen LogP contribution is -2.11. The molecule has 306 valence electrons. The number of aromatic nitrogens is 9. The van der Waals surface area contributed by atoms with E-state index < -0.39 is 0 Å². The second kappa shape index (κ2) is 14.4. The van der Waals surface area contributed by atoms with Crippen LogP contribution in [-0.2, 0) is 0 Å². The number of benzene rings is 5. The summed E-state index contributed by atoms with van der Waals surface area (Å²) in [7, 11) is 0. The van der Waals surface area contributed by atoms with Crippen LogP contribution in [0.2, 0.25) is 0 Å². The van der Waals surface area contributed by atoms with Gasteiger partial charge in [-0.15, -0.1) is 0 Å². The molecule has 65 heavy (non-hydrogen) atoms. The van der Waals surface area contributed by atoms with Gasteiger partial charge in [-0.2, -0.15) is 0 Å². The van der Waals surface area contributed by atoms with E-state index in [4.69, 9.17) is 29.9 Å². The Morgan fingerprint density at radius 2 is 0.769 bits per heavy atom. The van der Waals surface area contributed by atoms with Crippen molar-refractivity contribution in [3.8, 4) is 51.0 Å². The highest BCUT2D eigenvalue weighted by Crippen LogP contribution is 2.45. The number of fused-ring (bicyclic) bond motifs is 9. The van der Waals surface area contributed by atoms with Crippen molar-refractivity contribution in [1.29, 1.82) is 0 Å². The van der Waals surface area contributed by atoms with Crippen LogP contribution in [0.1, 0.15) is 11.1 Å². The minimum absolute atomic E-state index is 0.637. The fourth-order valence-electron chi connectivity index (χ4n) is 9.89. The lowest BCUT2D eigenvalue weighted by molar-refractivity contribution is 1.04. The maximum Gasteiger partial charge on any atom is 0.160 e. The predicted octanol–water partition coefficient (Wildman–Crippen LogP) is 13.0. The molecule has 9 nitrogen and oxygen atoms in total. The SMILES string of the molecule is Cc1cccc2c3cccc(C)c3n(-c3c(-n4c5cccnc5c5ncccc54)cc(-c4cc(-c5ccccc5)nc(-c5ccccc5)n4)cc3-n3c4cccnc4c4ncccc43)c12. The second-order valence-electron chi connectivity index (χ2n) is 16.5. The lowest BCUT2D eigenvalue weighted by Gasteiger charge is -2.24. The molecule has 0 N–H and O–H groups in total. The smallest absolute Gasteiger partial charge is 0.160 e. The van der Waals surface area contributed by atoms with Crippen LogP contribution >= 0.6 is 0 Å². The summed E-state index contributed by atoms with van der Waals surface area (Å²) in [5.41, 5.74) is 18.8. The zero-order valence-electron chi connectivity index (χ0n) is 35.4. The van der Waals surface area contributed by atoms with E-state index in [0.717, 1.165) is 111 Å². The van der Waals surface area contributed by atoms with E-state index in [1.165, 1.54) is 10.8 Å². The average molecular weight is 836 g/mol. The molecule has 5 aromatic carbocycles. The van der Waals surface area contributed by atoms with E-state index in [1.54, 1.807) is 0 Å². The van der Waals surface area contributed by atoms with Gasteiger partial charge in [0.1, 0.15) is 22.1 Å². The minimum atomic E-state index is 0.637. The summed E-state index contributed by atoms with van der Waals surface area (Å²) in [6.45, 7) is 4.42. The van der Waals surface area contributed by atoms with Crippen molar-refractivity contribution in [3.63, 3.8) is 0 Å². The molecule has 0 aliphatic heterocycles. The highest BCUT2D eigenvalue weighted by Gasteiger charge is 2.28. The van der Waals surface area contributed by atoms with Crippen LogP contribution in [0.5, 0.6) is 0 Å². The zero-order valence-corrected chi connectivity index (χ0v) is 35.4. The normalized spacial score (nSPS) is 11.8. The molecule has 13 rings (SSSR count). The average Bonchev–Trinajstić information content (AvgIpc) is 4.01. The van der Waals surface area contributed by atoms with Gasteiger partial charge < -0.3 is 13.7 Å². The van der Waals surface area contributed by atoms with Gasteiger partial charge in [-0.3, -0.25) is 19.9 Å². The fourth-order valence-corrected chi connectivity index (χ4v) is 9.89. The minimum Gasteiger partial charge on any atom is -0.305 e. The van der Waals surface area contributed by atoms with Crippen LogP contribution in [-0.4, -0.2) is 43.6 Å². The Morgan fingerprint density at radius 3 is 1.22 bits per heavy atom. The summed E-state index contributed by atoms with van der Waals surface area (Å²) in [6.07, 6.45) is 7.38. The van der Waals surface area contributed by atoms with Crippen LogP contribution in [0.15, 0.2) is 189 Å². The van der Waals surface area contributed by atoms with Gasteiger partial charge in [0.15, 0.2) is 5.82 Å². The van der Waals surface area contributed by atoms with E-state index in [-0.39, 0.29) is 0 Å². The van der Waals surface area contributed by atoms with E-state index in [9.17, 15) is 0 Å². The first-order chi connectivity index (χ1) is 32.1. The third kappa shape index (κ3) is 5.58. The molecule has 0 aliphatic carbocycles. The largest absolute Gasteiger partial charge is 0.305 e. The standard InChI is InChI=1S/C56H37N9/c1-34-15-9-21-39-40-22-10-16-35(2)54(40)65(53(34)39)55-47(63-43-23-11-27-57-49(43)50-44(63)24-12-28-58-50)31-38(32-48(55)64-45-25-13-29-59-51(45)52-46(64)26-14-30-60-52)42-33-41(36-17-5-3-6-18-36)61-56(62-42)37-19-7-4-8-20-37/h3-33H,1-2H3. The van der Waals surface area contributed by atoms with Gasteiger partial charge in [0.05, 0.1) is 61.6 Å². The van der Waals surface area contributed by atoms with Gasteiger partial charge in [0, 0.05) is 52.3 Å². The molecular weight excluding hydrogens is 799 g/mol. The Labute approximate surface area is 372 Å². The van der Waals surface area contributed by atoms with Crippen molar-refractivity contribution in [3.05, 3.63) is 200 Å². The van der Waals surface area contributed by atoms with Crippen molar-refractivity contribution in [2.24, 2.45) is 0 Å². The summed E-state index contributed by atoms with van der Waals surface area (Å²) in [6, 6.07) is 57.1. The van der Waals surface area contributed by atoms with Crippen molar-refractivity contribution in [2.75, 3.05) is 0 Å². The van der Waals surface area contributed by atoms with E-state index in [0.29, 0.717) is 5.82 Å². The number of hydrogen-bond acceptors (Lipinski definition) is 6. The van der Waals surface area contributed by atoms with E-state index in [2.05, 4.69) is 143 Å². The maximum absolute atomic E-state index is 5.43. The van der Waals surface area contributed by atoms with Crippen molar-refractivity contribution in [1.82, 2.24) is 43.6 Å². The third-order valence-electron chi connectivity index (χ3n) is 12.7. The summed E-state index contributed by atoms with van der Waals surface area (Å²) in [5.74, 6) is 0.637. The third-order valence-corrected chi connectivity index (χ3v) is 12.7. The molecule has 0 spiro atoms. The van der Waals surface area contributed by atoms with Crippen LogP contribution in [0.4, 0.5) is 0 Å². The number of para-hydroxylation sites is 2. The molecule has 0 atom stereocenters. The van der Waals surface area contributed by atoms with Gasteiger partial charge in [-0.25, -0.2) is 9.97 Å². The van der Waals surface area contributed by atoms with Gasteiger partial charge >= 0.3 is 0 Å². The van der Waals surface area contributed by atoms with Gasteiger partial charge in [-0.1, -0.05) is 97.1 Å². The molecule has 0 saturated heterocycles. The summed E-state index contributed by atoms with van der Waals surface area (Å²) in [4.78, 5) is 30.5. The van der Waals surface area contributed by atoms with Crippen LogP contribution < -0.4 is 0 Å². The molecule has 9 heteroatoms. The maximum atomic E-state index is 5.43. The molecule has 0 radical (unpaired) electrons. The van der Waals surface area contributed by atoms with Crippen molar-refractivity contribution < 1.29 is 0 Å². The molecule has 0 bridgehead atoms. The van der Waals surface area contributed by atoms with E-state index >= 15 is 0 Å². The van der Waals surface area contributed by atoms with Gasteiger partial charge in [0.25, 0.3) is 0 Å². The number of nitrogens with zero attached hydrogens (tertiary/aromatic N) is 9. The first-order valence-corrected chi connectivity index (χ1v) is 21.7. The zero-order chi connectivity index (χ0) is 43.2. The molecule has 8 aromatic heterocycles. The van der Waals surface area contributed by atoms with Gasteiger partial charge in [0.2, 0.25) is 0 Å². The highest BCUT2D eigenvalue weighted by atomic mass is 15.1. The number of pyridine rings is 4. The highest BCUT2D eigenvalue weighted by molar-refractivity contribution is 6.13. The lowest BCUT2D eigenvalue weighted by atomic mass is 10.0. The van der Waals surface area contributed by atoms with Crippen LogP contribution in [0, 0.1) is 13.8 Å². The predicted molar refractivity (Wildman–Crippen MR) is 262 cm³/mol. The van der Waals surface area contributed by atoms with Gasteiger partial charge in [-0.05, 0) is 91.7 Å². The molecule has 13 aromatic rings. The molecule has 0 saturated carbocycles. The molecular formula is C56H37N9. The van der Waals surface area contributed by atoms with Crippen LogP contribution in [0.25, 0.3) is 117 Å². The topological polar surface area (TPSA) is 92.1 Å². The van der Waals surface area contributed by atoms with Crippen LogP contribution in [0.3, 0.4) is 0 Å². The fraction of sp³-hybridized carbons (Fsp3) is 0.0357. The first-order valence-electron chi connectivity index (χ1n) is 21.7. The summed E-state index contributed by atoms with van der Waals surface area (Å²) < 4.78 is 7.16. The summed E-state index contributed by atoms with van der Waals surface area (Å²) >= 11 is 0. The Kier molecular flexibility index (Phi) is 8.13. The Morgan fingerprint density at radius 1 is 0.354 bits per heavy atom. The molecule has 8 heterocycles. The first kappa shape index (κ1) is 36.8. The number of aryl methyl sites for hydroxylation is 2. The monoisotopic (exact) mass is 835 g/mol. The van der Waals surface area contributed by atoms with Crippen molar-refractivity contribution >= 4 is 65.9 Å². The molecule has 0 unspecified atom stereocenters. The number of rotatable bonds is 6. The Balaban J connectivity index is 1.28. The Bertz CT molecular complexity index is 3670. The second-order valence-corrected chi connectivity index (χ2v) is 16.5.